The van der Waals surface area contributed by atoms with Crippen LogP contribution in [0.2, 0.25) is 0 Å². The summed E-state index contributed by atoms with van der Waals surface area (Å²) in [5, 5.41) is 7.10. The molecule has 2 aromatic carbocycles. The van der Waals surface area contributed by atoms with Crippen molar-refractivity contribution < 1.29 is 18.5 Å². The highest BCUT2D eigenvalue weighted by atomic mass is 19.1. The molecule has 2 aromatic heterocycles. The van der Waals surface area contributed by atoms with E-state index in [2.05, 4.69) is 15.5 Å². The number of halogens is 1. The average Bonchev–Trinajstić information content (AvgIpc) is 3.15. The molecule has 0 spiro atoms. The minimum absolute atomic E-state index is 0.129. The van der Waals surface area contributed by atoms with E-state index in [1.807, 2.05) is 19.1 Å². The lowest BCUT2D eigenvalue weighted by Gasteiger charge is -2.18. The van der Waals surface area contributed by atoms with E-state index < -0.39 is 11.7 Å². The molecule has 0 unspecified atom stereocenters. The summed E-state index contributed by atoms with van der Waals surface area (Å²) in [7, 11) is 1.52. The van der Waals surface area contributed by atoms with Crippen LogP contribution < -0.4 is 5.32 Å². The minimum Gasteiger partial charge on any atom is -0.335 e. The zero-order valence-corrected chi connectivity index (χ0v) is 17.8. The van der Waals surface area contributed by atoms with Crippen molar-refractivity contribution in [3.63, 3.8) is 0 Å². The number of pyridine rings is 1. The number of aryl methyl sites for hydroxylation is 2. The van der Waals surface area contributed by atoms with Crippen molar-refractivity contribution in [3.05, 3.63) is 77.2 Å². The molecule has 0 bridgehead atoms. The quantitative estimate of drug-likeness (QED) is 0.506. The molecule has 2 heterocycles. The van der Waals surface area contributed by atoms with Gasteiger partial charge in [0, 0.05) is 18.3 Å². The van der Waals surface area contributed by atoms with Crippen molar-refractivity contribution in [2.75, 3.05) is 18.9 Å². The van der Waals surface area contributed by atoms with E-state index in [-0.39, 0.29) is 35.0 Å². The van der Waals surface area contributed by atoms with Gasteiger partial charge in [0.25, 0.3) is 11.6 Å². The lowest BCUT2D eigenvalue weighted by molar-refractivity contribution is -0.116. The van der Waals surface area contributed by atoms with Gasteiger partial charge in [-0.2, -0.15) is 0 Å². The highest BCUT2D eigenvalue weighted by molar-refractivity contribution is 6.08. The molecule has 0 aliphatic carbocycles. The first kappa shape index (κ1) is 21.2. The van der Waals surface area contributed by atoms with Crippen LogP contribution in [0.3, 0.4) is 0 Å². The minimum atomic E-state index is -0.472. The third-order valence-electron chi connectivity index (χ3n) is 5.06. The first-order valence-corrected chi connectivity index (χ1v) is 9.97. The highest BCUT2D eigenvalue weighted by Crippen LogP contribution is 2.29. The van der Waals surface area contributed by atoms with Gasteiger partial charge in [-0.25, -0.2) is 9.37 Å². The van der Waals surface area contributed by atoms with Gasteiger partial charge in [-0.1, -0.05) is 35.0 Å². The van der Waals surface area contributed by atoms with Gasteiger partial charge >= 0.3 is 0 Å². The number of nitrogens with zero attached hydrogens (tertiary/aromatic N) is 3. The second kappa shape index (κ2) is 8.58. The summed E-state index contributed by atoms with van der Waals surface area (Å²) in [6, 6.07) is 15.0. The summed E-state index contributed by atoms with van der Waals surface area (Å²) in [6.45, 7) is 3.48. The van der Waals surface area contributed by atoms with Crippen molar-refractivity contribution in [1.29, 1.82) is 0 Å². The fourth-order valence-electron chi connectivity index (χ4n) is 3.40. The van der Waals surface area contributed by atoms with Gasteiger partial charge in [0.1, 0.15) is 5.82 Å². The molecule has 2 amide bonds. The summed E-state index contributed by atoms with van der Waals surface area (Å²) in [5.41, 5.74) is 3.04. The van der Waals surface area contributed by atoms with E-state index >= 15 is 0 Å². The molecule has 4 rings (SSSR count). The maximum atomic E-state index is 14.3. The normalized spacial score (nSPS) is 10.9. The van der Waals surface area contributed by atoms with Crippen molar-refractivity contribution in [3.8, 4) is 11.3 Å². The molecular weight excluding hydrogens is 411 g/mol. The van der Waals surface area contributed by atoms with Crippen LogP contribution in [0.4, 0.5) is 10.1 Å². The van der Waals surface area contributed by atoms with Crippen LogP contribution in [-0.2, 0) is 4.79 Å². The van der Waals surface area contributed by atoms with Crippen molar-refractivity contribution in [2.24, 2.45) is 0 Å². The number of anilines is 1. The SMILES string of the molecule is Cc1ccc(NC(=O)CN(C)C(=O)c2cc(-c3ccccc3F)nc3onc(C)c23)cc1. The summed E-state index contributed by atoms with van der Waals surface area (Å²) in [4.78, 5) is 31.3. The Hall–Kier alpha value is -4.07. The Labute approximate surface area is 183 Å². The largest absolute Gasteiger partial charge is 0.335 e. The van der Waals surface area contributed by atoms with Gasteiger partial charge in [0.2, 0.25) is 5.91 Å². The van der Waals surface area contributed by atoms with Gasteiger partial charge in [0.05, 0.1) is 28.9 Å². The third-order valence-corrected chi connectivity index (χ3v) is 5.06. The Morgan fingerprint density at radius 1 is 1.09 bits per heavy atom. The van der Waals surface area contributed by atoms with Crippen LogP contribution in [0, 0.1) is 19.7 Å². The number of nitrogens with one attached hydrogen (secondary N) is 1. The topological polar surface area (TPSA) is 88.3 Å². The molecule has 162 valence electrons. The lowest BCUT2D eigenvalue weighted by Crippen LogP contribution is -2.35. The Morgan fingerprint density at radius 2 is 1.81 bits per heavy atom. The van der Waals surface area contributed by atoms with E-state index in [4.69, 9.17) is 4.52 Å². The summed E-state index contributed by atoms with van der Waals surface area (Å²) in [5.74, 6) is -1.24. The van der Waals surface area contributed by atoms with Crippen LogP contribution in [0.15, 0.2) is 59.1 Å². The predicted octanol–water partition coefficient (Wildman–Crippen LogP) is 4.36. The number of rotatable bonds is 5. The number of aromatic nitrogens is 2. The van der Waals surface area contributed by atoms with E-state index in [1.54, 1.807) is 37.3 Å². The summed E-state index contributed by atoms with van der Waals surface area (Å²) in [6.07, 6.45) is 0. The third kappa shape index (κ3) is 4.20. The zero-order valence-electron chi connectivity index (χ0n) is 17.8. The molecule has 0 radical (unpaired) electrons. The van der Waals surface area contributed by atoms with E-state index in [0.717, 1.165) is 5.56 Å². The molecule has 1 N–H and O–H groups in total. The first-order valence-electron chi connectivity index (χ1n) is 9.97. The number of carbonyl (C=O) groups is 2. The Kier molecular flexibility index (Phi) is 5.68. The molecule has 4 aromatic rings. The maximum Gasteiger partial charge on any atom is 0.259 e. The molecule has 32 heavy (non-hydrogen) atoms. The molecular formula is C24H21FN4O3. The second-order valence-corrected chi connectivity index (χ2v) is 7.56. The molecule has 0 atom stereocenters. The van der Waals surface area contributed by atoms with E-state index in [9.17, 15) is 14.0 Å². The molecule has 8 heteroatoms. The average molecular weight is 432 g/mol. The lowest BCUT2D eigenvalue weighted by atomic mass is 10.0. The van der Waals surface area contributed by atoms with Gasteiger partial charge < -0.3 is 14.7 Å². The number of likely N-dealkylation sites (N-methyl/N-ethyl adjacent to an activating group) is 1. The monoisotopic (exact) mass is 432 g/mol. The second-order valence-electron chi connectivity index (χ2n) is 7.56. The Balaban J connectivity index is 1.63. The number of amides is 2. The zero-order chi connectivity index (χ0) is 22.8. The molecule has 0 saturated heterocycles. The van der Waals surface area contributed by atoms with Crippen LogP contribution in [0.25, 0.3) is 22.4 Å². The Bertz CT molecular complexity index is 1310. The molecule has 7 nitrogen and oxygen atoms in total. The van der Waals surface area contributed by atoms with Gasteiger partial charge in [-0.15, -0.1) is 0 Å². The van der Waals surface area contributed by atoms with E-state index in [1.165, 1.54) is 24.1 Å². The Morgan fingerprint density at radius 3 is 2.53 bits per heavy atom. The predicted molar refractivity (Wildman–Crippen MR) is 119 cm³/mol. The fraction of sp³-hybridized carbons (Fsp3) is 0.167. The van der Waals surface area contributed by atoms with Crippen LogP contribution in [-0.4, -0.2) is 40.4 Å². The van der Waals surface area contributed by atoms with Crippen molar-refractivity contribution in [1.82, 2.24) is 15.0 Å². The number of hydrogen-bond acceptors (Lipinski definition) is 5. The van der Waals surface area contributed by atoms with Gasteiger partial charge in [0.15, 0.2) is 0 Å². The van der Waals surface area contributed by atoms with Gasteiger partial charge in [-0.05, 0) is 44.2 Å². The molecule has 0 aliphatic rings. The highest BCUT2D eigenvalue weighted by Gasteiger charge is 2.23. The van der Waals surface area contributed by atoms with Crippen LogP contribution in [0.1, 0.15) is 21.6 Å². The fourth-order valence-corrected chi connectivity index (χ4v) is 3.40. The molecule has 0 saturated carbocycles. The van der Waals surface area contributed by atoms with E-state index in [0.29, 0.717) is 16.8 Å². The van der Waals surface area contributed by atoms with Crippen LogP contribution in [0.5, 0.6) is 0 Å². The molecule has 0 aliphatic heterocycles. The first-order chi connectivity index (χ1) is 15.3. The maximum absolute atomic E-state index is 14.3. The standard InChI is InChI=1S/C24H21FN4O3/c1-14-8-10-16(11-9-14)26-21(30)13-29(3)24(31)18-12-20(17-6-4-5-7-19(17)25)27-23-22(18)15(2)28-32-23/h4-12H,13H2,1-3H3,(H,26,30). The number of carbonyl (C=O) groups excluding carboxylic acids is 2. The summed E-state index contributed by atoms with van der Waals surface area (Å²) >= 11 is 0. The molecule has 0 fully saturated rings. The number of fused-ring (bicyclic) bond motifs is 1. The summed E-state index contributed by atoms with van der Waals surface area (Å²) < 4.78 is 19.6. The number of benzene rings is 2. The van der Waals surface area contributed by atoms with Crippen molar-refractivity contribution >= 4 is 28.6 Å². The smallest absolute Gasteiger partial charge is 0.259 e. The van der Waals surface area contributed by atoms with Crippen LogP contribution >= 0.6 is 0 Å². The van der Waals surface area contributed by atoms with Crippen molar-refractivity contribution in [2.45, 2.75) is 13.8 Å². The number of hydrogen-bond donors (Lipinski definition) is 1. The van der Waals surface area contributed by atoms with Gasteiger partial charge in [-0.3, -0.25) is 9.59 Å².